The van der Waals surface area contributed by atoms with Crippen LogP contribution in [0.3, 0.4) is 0 Å². The molecule has 0 amide bonds. The van der Waals surface area contributed by atoms with Gasteiger partial charge in [0.15, 0.2) is 0 Å². The number of rotatable bonds is 4. The van der Waals surface area contributed by atoms with Crippen LogP contribution >= 0.6 is 11.3 Å². The molecule has 0 aliphatic carbocycles. The number of halogens is 6. The van der Waals surface area contributed by atoms with Gasteiger partial charge in [0.2, 0.25) is 5.89 Å². The van der Waals surface area contributed by atoms with E-state index in [1.165, 1.54) is 18.3 Å². The van der Waals surface area contributed by atoms with Crippen molar-refractivity contribution >= 4 is 17.0 Å². The highest BCUT2D eigenvalue weighted by atomic mass is 32.1. The van der Waals surface area contributed by atoms with Crippen molar-refractivity contribution in [1.29, 1.82) is 0 Å². The van der Waals surface area contributed by atoms with E-state index in [2.05, 4.69) is 15.5 Å². The predicted molar refractivity (Wildman–Crippen MR) is 86.1 cm³/mol. The summed E-state index contributed by atoms with van der Waals surface area (Å²) < 4.78 is 83.0. The summed E-state index contributed by atoms with van der Waals surface area (Å²) in [6.07, 6.45) is -9.84. The Kier molecular flexibility index (Phi) is 4.89. The van der Waals surface area contributed by atoms with E-state index in [4.69, 9.17) is 4.42 Å². The van der Waals surface area contributed by atoms with Crippen molar-refractivity contribution in [2.45, 2.75) is 25.3 Å². The maximum Gasteiger partial charge on any atom is 0.416 e. The molecular weight excluding hydrogens is 396 g/mol. The third-order valence-electron chi connectivity index (χ3n) is 3.51. The lowest BCUT2D eigenvalue weighted by atomic mass is 10.1. The third kappa shape index (κ3) is 4.41. The smallest absolute Gasteiger partial charge is 0.416 e. The minimum absolute atomic E-state index is 0.0318. The largest absolute Gasteiger partial charge is 0.418 e. The van der Waals surface area contributed by atoms with Gasteiger partial charge >= 0.3 is 12.4 Å². The zero-order valence-electron chi connectivity index (χ0n) is 13.5. The Labute approximate surface area is 152 Å². The van der Waals surface area contributed by atoms with Crippen LogP contribution in [0.15, 0.2) is 40.1 Å². The summed E-state index contributed by atoms with van der Waals surface area (Å²) >= 11 is 1.35. The minimum atomic E-state index is -4.92. The molecule has 2 heterocycles. The van der Waals surface area contributed by atoms with Crippen LogP contribution in [-0.4, -0.2) is 10.2 Å². The second-order valence-electron chi connectivity index (χ2n) is 5.58. The van der Waals surface area contributed by atoms with Crippen LogP contribution in [0.25, 0.3) is 10.8 Å². The summed E-state index contributed by atoms with van der Waals surface area (Å²) in [4.78, 5) is 0.694. The van der Waals surface area contributed by atoms with Crippen molar-refractivity contribution in [3.8, 4) is 10.8 Å². The van der Waals surface area contributed by atoms with E-state index in [0.717, 1.165) is 0 Å². The molecule has 2 aromatic heterocycles. The van der Waals surface area contributed by atoms with Crippen LogP contribution in [0.1, 0.15) is 30.0 Å². The Morgan fingerprint density at radius 2 is 1.63 bits per heavy atom. The average molecular weight is 407 g/mol. The normalized spacial score (nSPS) is 13.6. The van der Waals surface area contributed by atoms with Crippen LogP contribution in [0.2, 0.25) is 0 Å². The molecule has 4 nitrogen and oxygen atoms in total. The summed E-state index contributed by atoms with van der Waals surface area (Å²) in [7, 11) is 0. The van der Waals surface area contributed by atoms with Crippen molar-refractivity contribution in [2.75, 3.05) is 5.32 Å². The molecule has 3 rings (SSSR count). The summed E-state index contributed by atoms with van der Waals surface area (Å²) in [5, 5.41) is 12.0. The Bertz CT molecular complexity index is 885. The standard InChI is InChI=1S/C16H11F6N3OS/c1-8(13-24-25-14(26-13)12-3-2-4-27-12)23-11-6-9(15(17,18)19)5-10(7-11)16(20,21)22/h2-8,23H,1H3/t8-/m0/s1. The molecule has 3 aromatic rings. The molecule has 0 aliphatic heterocycles. The van der Waals surface area contributed by atoms with Gasteiger partial charge in [-0.1, -0.05) is 6.07 Å². The maximum absolute atomic E-state index is 12.9. The molecule has 0 fully saturated rings. The van der Waals surface area contributed by atoms with Crippen LogP contribution in [0.5, 0.6) is 0 Å². The molecule has 11 heteroatoms. The Morgan fingerprint density at radius 3 is 2.15 bits per heavy atom. The number of hydrogen-bond acceptors (Lipinski definition) is 5. The molecule has 0 radical (unpaired) electrons. The maximum atomic E-state index is 12.9. The third-order valence-corrected chi connectivity index (χ3v) is 4.37. The van der Waals surface area contributed by atoms with E-state index >= 15 is 0 Å². The van der Waals surface area contributed by atoms with Crippen molar-refractivity contribution in [1.82, 2.24) is 10.2 Å². The van der Waals surface area contributed by atoms with Gasteiger partial charge in [-0.3, -0.25) is 0 Å². The first-order valence-electron chi connectivity index (χ1n) is 7.47. The van der Waals surface area contributed by atoms with Crippen LogP contribution in [0.4, 0.5) is 32.0 Å². The lowest BCUT2D eigenvalue weighted by Gasteiger charge is -2.17. The highest BCUT2D eigenvalue weighted by Gasteiger charge is 2.37. The molecule has 0 saturated carbocycles. The number of benzene rings is 1. The molecule has 1 N–H and O–H groups in total. The van der Waals surface area contributed by atoms with E-state index in [1.807, 2.05) is 0 Å². The molecule has 1 aromatic carbocycles. The van der Waals surface area contributed by atoms with Crippen LogP contribution in [0, 0.1) is 0 Å². The molecule has 27 heavy (non-hydrogen) atoms. The molecule has 0 spiro atoms. The minimum Gasteiger partial charge on any atom is -0.418 e. The molecule has 144 valence electrons. The summed E-state index contributed by atoms with van der Waals surface area (Å²) in [6.45, 7) is 1.49. The first kappa shape index (κ1) is 19.2. The molecule has 0 unspecified atom stereocenters. The van der Waals surface area contributed by atoms with Crippen molar-refractivity contribution < 1.29 is 30.8 Å². The van der Waals surface area contributed by atoms with Gasteiger partial charge in [-0.05, 0) is 36.6 Å². The SMILES string of the molecule is C[C@H](Nc1cc(C(F)(F)F)cc(C(F)(F)F)c1)c1nnc(-c2cccs2)o1. The quantitative estimate of drug-likeness (QED) is 0.538. The van der Waals surface area contributed by atoms with Crippen molar-refractivity contribution in [3.63, 3.8) is 0 Å². The van der Waals surface area contributed by atoms with Gasteiger partial charge in [-0.15, -0.1) is 21.5 Å². The summed E-state index contributed by atoms with van der Waals surface area (Å²) in [6, 6.07) is 3.97. The Morgan fingerprint density at radius 1 is 1.00 bits per heavy atom. The highest BCUT2D eigenvalue weighted by Crippen LogP contribution is 2.38. The number of thiophene rings is 1. The van der Waals surface area contributed by atoms with Gasteiger partial charge in [-0.2, -0.15) is 26.3 Å². The van der Waals surface area contributed by atoms with E-state index < -0.39 is 29.5 Å². The van der Waals surface area contributed by atoms with Crippen LogP contribution < -0.4 is 5.32 Å². The van der Waals surface area contributed by atoms with E-state index in [-0.39, 0.29) is 23.5 Å². The number of nitrogens with zero attached hydrogens (tertiary/aromatic N) is 2. The summed E-state index contributed by atoms with van der Waals surface area (Å²) in [5.74, 6) is 0.248. The van der Waals surface area contributed by atoms with Gasteiger partial charge in [0.1, 0.15) is 6.04 Å². The van der Waals surface area contributed by atoms with Crippen molar-refractivity contribution in [2.24, 2.45) is 0 Å². The average Bonchev–Trinajstić information content (AvgIpc) is 3.24. The lowest BCUT2D eigenvalue weighted by Crippen LogP contribution is -2.13. The first-order valence-corrected chi connectivity index (χ1v) is 8.35. The Balaban J connectivity index is 1.88. The molecule has 0 saturated heterocycles. The predicted octanol–water partition coefficient (Wildman–Crippen LogP) is 6.01. The van der Waals surface area contributed by atoms with Gasteiger partial charge in [0.05, 0.1) is 16.0 Å². The second-order valence-corrected chi connectivity index (χ2v) is 6.53. The van der Waals surface area contributed by atoms with Gasteiger partial charge in [0, 0.05) is 5.69 Å². The number of nitrogens with one attached hydrogen (secondary N) is 1. The molecular formula is C16H11F6N3OS. The highest BCUT2D eigenvalue weighted by molar-refractivity contribution is 7.13. The first-order chi connectivity index (χ1) is 12.5. The molecule has 0 aliphatic rings. The van der Waals surface area contributed by atoms with E-state index in [9.17, 15) is 26.3 Å². The number of alkyl halides is 6. The molecule has 0 bridgehead atoms. The monoisotopic (exact) mass is 407 g/mol. The topological polar surface area (TPSA) is 51.0 Å². The van der Waals surface area contributed by atoms with Crippen LogP contribution in [-0.2, 0) is 12.4 Å². The zero-order chi connectivity index (χ0) is 19.8. The number of aromatic nitrogens is 2. The fraction of sp³-hybridized carbons (Fsp3) is 0.250. The summed E-state index contributed by atoms with van der Waals surface area (Å²) in [5.41, 5.74) is -3.17. The van der Waals surface area contributed by atoms with E-state index in [0.29, 0.717) is 17.0 Å². The van der Waals surface area contributed by atoms with Gasteiger partial charge in [0.25, 0.3) is 5.89 Å². The zero-order valence-corrected chi connectivity index (χ0v) is 14.3. The van der Waals surface area contributed by atoms with Gasteiger partial charge in [-0.25, -0.2) is 0 Å². The number of anilines is 1. The number of hydrogen-bond donors (Lipinski definition) is 1. The van der Waals surface area contributed by atoms with E-state index in [1.54, 1.807) is 17.5 Å². The lowest BCUT2D eigenvalue weighted by molar-refractivity contribution is -0.143. The fourth-order valence-electron chi connectivity index (χ4n) is 2.26. The molecule has 1 atom stereocenters. The van der Waals surface area contributed by atoms with Gasteiger partial charge < -0.3 is 9.73 Å². The Hall–Kier alpha value is -2.56. The second kappa shape index (κ2) is 6.87. The van der Waals surface area contributed by atoms with Crippen molar-refractivity contribution in [3.05, 3.63) is 52.7 Å². The fourth-order valence-corrected chi connectivity index (χ4v) is 2.90.